The van der Waals surface area contributed by atoms with Crippen LogP contribution in [-0.4, -0.2) is 21.7 Å². The Morgan fingerprint density at radius 3 is 2.68 bits per heavy atom. The van der Waals surface area contributed by atoms with Crippen molar-refractivity contribution in [3.05, 3.63) is 52.7 Å². The second-order valence-corrected chi connectivity index (χ2v) is 8.03. The zero-order chi connectivity index (χ0) is 17.9. The zero-order valence-corrected chi connectivity index (χ0v) is 15.7. The summed E-state index contributed by atoms with van der Waals surface area (Å²) < 4.78 is 0. The van der Waals surface area contributed by atoms with E-state index in [0.29, 0.717) is 0 Å². The Labute approximate surface area is 153 Å². The lowest BCUT2D eigenvalue weighted by atomic mass is 9.77. The van der Waals surface area contributed by atoms with E-state index in [1.165, 1.54) is 0 Å². The van der Waals surface area contributed by atoms with Gasteiger partial charge in [0.25, 0.3) is 0 Å². The molecule has 4 rings (SSSR count). The van der Waals surface area contributed by atoms with Crippen LogP contribution in [0.3, 0.4) is 0 Å². The number of anilines is 1. The van der Waals surface area contributed by atoms with Gasteiger partial charge < -0.3 is 15.4 Å². The first kappa shape index (κ1) is 16.5. The standard InChI is InChI=1S/C21H23ClN2O/c1-11-15-10-16(14-7-5-6-13-8-9-23-19(13)14)17(22)12(2)18(15)24-21(3,4)20(11)25/h5-11,20,23-25H,1-4H3/t11-,20+/m1/s1. The maximum atomic E-state index is 10.7. The van der Waals surface area contributed by atoms with Gasteiger partial charge in [-0.05, 0) is 49.4 Å². The van der Waals surface area contributed by atoms with Crippen LogP contribution in [0.1, 0.15) is 37.8 Å². The molecular formula is C21H23ClN2O. The third kappa shape index (κ3) is 2.37. The molecule has 2 atom stereocenters. The monoisotopic (exact) mass is 354 g/mol. The average molecular weight is 355 g/mol. The number of aromatic amines is 1. The average Bonchev–Trinajstić information content (AvgIpc) is 3.06. The molecule has 0 unspecified atom stereocenters. The van der Waals surface area contributed by atoms with E-state index in [2.05, 4.69) is 47.6 Å². The smallest absolute Gasteiger partial charge is 0.0830 e. The Morgan fingerprint density at radius 1 is 1.16 bits per heavy atom. The van der Waals surface area contributed by atoms with E-state index < -0.39 is 6.10 Å². The van der Waals surface area contributed by atoms with Crippen molar-refractivity contribution >= 4 is 28.2 Å². The third-order valence-corrected chi connectivity index (χ3v) is 6.04. The summed E-state index contributed by atoms with van der Waals surface area (Å²) in [6, 6.07) is 10.4. The molecule has 1 aromatic heterocycles. The first-order chi connectivity index (χ1) is 11.8. The first-order valence-electron chi connectivity index (χ1n) is 8.67. The second kappa shape index (κ2) is 5.52. The Balaban J connectivity index is 1.99. The molecule has 0 radical (unpaired) electrons. The van der Waals surface area contributed by atoms with E-state index in [1.54, 1.807) is 0 Å². The van der Waals surface area contributed by atoms with Crippen molar-refractivity contribution in [3.8, 4) is 11.1 Å². The molecule has 0 aliphatic carbocycles. The number of aliphatic hydroxyl groups is 1. The van der Waals surface area contributed by atoms with Gasteiger partial charge in [0, 0.05) is 28.9 Å². The fourth-order valence-electron chi connectivity index (χ4n) is 4.04. The van der Waals surface area contributed by atoms with Gasteiger partial charge >= 0.3 is 0 Å². The minimum Gasteiger partial charge on any atom is -0.390 e. The van der Waals surface area contributed by atoms with Crippen molar-refractivity contribution in [1.29, 1.82) is 0 Å². The van der Waals surface area contributed by atoms with Crippen LogP contribution in [0.5, 0.6) is 0 Å². The number of rotatable bonds is 1. The number of nitrogens with one attached hydrogen (secondary N) is 2. The highest BCUT2D eigenvalue weighted by molar-refractivity contribution is 6.35. The van der Waals surface area contributed by atoms with Gasteiger partial charge in [-0.2, -0.15) is 0 Å². The number of aromatic nitrogens is 1. The quantitative estimate of drug-likeness (QED) is 0.543. The van der Waals surface area contributed by atoms with Gasteiger partial charge in [0.2, 0.25) is 0 Å². The molecule has 0 saturated heterocycles. The highest BCUT2D eigenvalue weighted by atomic mass is 35.5. The lowest BCUT2D eigenvalue weighted by Gasteiger charge is -2.43. The van der Waals surface area contributed by atoms with Gasteiger partial charge in [-0.25, -0.2) is 0 Å². The van der Waals surface area contributed by atoms with E-state index in [1.807, 2.05) is 27.0 Å². The number of para-hydroxylation sites is 1. The summed E-state index contributed by atoms with van der Waals surface area (Å²) in [5.41, 5.74) is 5.99. The molecule has 3 nitrogen and oxygen atoms in total. The van der Waals surface area contributed by atoms with Crippen molar-refractivity contribution in [2.75, 3.05) is 5.32 Å². The molecule has 2 heterocycles. The van der Waals surface area contributed by atoms with Crippen LogP contribution >= 0.6 is 11.6 Å². The molecule has 0 saturated carbocycles. The molecule has 1 aliphatic heterocycles. The van der Waals surface area contributed by atoms with Gasteiger partial charge in [-0.1, -0.05) is 36.7 Å². The molecule has 0 amide bonds. The fourth-order valence-corrected chi connectivity index (χ4v) is 4.29. The molecule has 2 aromatic carbocycles. The Bertz CT molecular complexity index is 973. The highest BCUT2D eigenvalue weighted by Crippen LogP contribution is 2.46. The van der Waals surface area contributed by atoms with Crippen molar-refractivity contribution < 1.29 is 5.11 Å². The molecule has 1 aliphatic rings. The molecule has 0 spiro atoms. The maximum Gasteiger partial charge on any atom is 0.0830 e. The molecular weight excluding hydrogens is 332 g/mol. The van der Waals surface area contributed by atoms with Gasteiger partial charge in [0.15, 0.2) is 0 Å². The SMILES string of the molecule is Cc1c(Cl)c(-c2cccc3cc[nH]c23)cc2c1NC(C)(C)[C@@H](O)[C@@H]2C. The molecule has 130 valence electrons. The third-order valence-electron chi connectivity index (χ3n) is 5.56. The molecule has 3 N–H and O–H groups in total. The number of H-pyrrole nitrogens is 1. The van der Waals surface area contributed by atoms with Crippen LogP contribution in [0.15, 0.2) is 36.5 Å². The topological polar surface area (TPSA) is 48.0 Å². The number of fused-ring (bicyclic) bond motifs is 2. The van der Waals surface area contributed by atoms with Gasteiger partial charge in [-0.3, -0.25) is 0 Å². The Kier molecular flexibility index (Phi) is 3.64. The van der Waals surface area contributed by atoms with Crippen LogP contribution < -0.4 is 5.32 Å². The lowest BCUT2D eigenvalue weighted by molar-refractivity contribution is 0.0869. The second-order valence-electron chi connectivity index (χ2n) is 7.66. The number of hydrogen-bond acceptors (Lipinski definition) is 2. The van der Waals surface area contributed by atoms with Gasteiger partial charge in [0.05, 0.1) is 22.2 Å². The van der Waals surface area contributed by atoms with Crippen LogP contribution in [-0.2, 0) is 0 Å². The normalized spacial score (nSPS) is 21.8. The van der Waals surface area contributed by atoms with E-state index in [0.717, 1.165) is 43.9 Å². The zero-order valence-electron chi connectivity index (χ0n) is 14.9. The molecule has 25 heavy (non-hydrogen) atoms. The number of aliphatic hydroxyl groups excluding tert-OH is 1. The highest BCUT2D eigenvalue weighted by Gasteiger charge is 2.39. The van der Waals surface area contributed by atoms with Crippen molar-refractivity contribution in [3.63, 3.8) is 0 Å². The summed E-state index contributed by atoms with van der Waals surface area (Å²) in [5.74, 6) is 0.0313. The number of hydrogen-bond donors (Lipinski definition) is 3. The maximum absolute atomic E-state index is 10.7. The fraction of sp³-hybridized carbons (Fsp3) is 0.333. The number of halogens is 1. The Morgan fingerprint density at radius 2 is 1.92 bits per heavy atom. The van der Waals surface area contributed by atoms with Crippen LogP contribution in [0.4, 0.5) is 5.69 Å². The molecule has 0 bridgehead atoms. The minimum atomic E-state index is -0.463. The van der Waals surface area contributed by atoms with Crippen LogP contribution in [0.25, 0.3) is 22.0 Å². The predicted octanol–water partition coefficient (Wildman–Crippen LogP) is 5.47. The number of benzene rings is 2. The summed E-state index contributed by atoms with van der Waals surface area (Å²) in [6.07, 6.45) is 1.48. The van der Waals surface area contributed by atoms with E-state index >= 15 is 0 Å². The van der Waals surface area contributed by atoms with E-state index in [4.69, 9.17) is 11.6 Å². The largest absolute Gasteiger partial charge is 0.390 e. The van der Waals surface area contributed by atoms with E-state index in [-0.39, 0.29) is 11.5 Å². The lowest BCUT2D eigenvalue weighted by Crippen LogP contribution is -2.50. The van der Waals surface area contributed by atoms with Crippen LogP contribution in [0, 0.1) is 6.92 Å². The Hall–Kier alpha value is -1.97. The summed E-state index contributed by atoms with van der Waals surface area (Å²) in [5, 5.41) is 16.1. The van der Waals surface area contributed by atoms with Gasteiger partial charge in [-0.15, -0.1) is 0 Å². The summed E-state index contributed by atoms with van der Waals surface area (Å²) in [7, 11) is 0. The molecule has 4 heteroatoms. The van der Waals surface area contributed by atoms with Crippen molar-refractivity contribution in [2.24, 2.45) is 0 Å². The molecule has 3 aromatic rings. The van der Waals surface area contributed by atoms with Gasteiger partial charge in [0.1, 0.15) is 0 Å². The summed E-state index contributed by atoms with van der Waals surface area (Å²) >= 11 is 6.79. The minimum absolute atomic E-state index is 0.0313. The van der Waals surface area contributed by atoms with E-state index in [9.17, 15) is 5.11 Å². The molecule has 0 fully saturated rings. The summed E-state index contributed by atoms with van der Waals surface area (Å²) in [4.78, 5) is 3.32. The summed E-state index contributed by atoms with van der Waals surface area (Å²) in [6.45, 7) is 8.18. The first-order valence-corrected chi connectivity index (χ1v) is 9.05. The van der Waals surface area contributed by atoms with Crippen molar-refractivity contribution in [2.45, 2.75) is 45.3 Å². The van der Waals surface area contributed by atoms with Crippen LogP contribution in [0.2, 0.25) is 5.02 Å². The van der Waals surface area contributed by atoms with Crippen molar-refractivity contribution in [1.82, 2.24) is 4.98 Å². The predicted molar refractivity (Wildman–Crippen MR) is 106 cm³/mol.